The van der Waals surface area contributed by atoms with E-state index in [1.165, 1.54) is 6.07 Å². The molecule has 0 radical (unpaired) electrons. The molecule has 5 nitrogen and oxygen atoms in total. The molecule has 0 bridgehead atoms. The van der Waals surface area contributed by atoms with E-state index < -0.39 is 6.09 Å². The van der Waals surface area contributed by atoms with E-state index in [1.54, 1.807) is 19.1 Å². The van der Waals surface area contributed by atoms with Crippen LogP contribution >= 0.6 is 23.2 Å². The van der Waals surface area contributed by atoms with Crippen LogP contribution < -0.4 is 11.1 Å². The Balaban J connectivity index is 2.73. The van der Waals surface area contributed by atoms with Gasteiger partial charge in [0.2, 0.25) is 0 Å². The number of amides is 1. The van der Waals surface area contributed by atoms with Crippen molar-refractivity contribution in [2.24, 2.45) is 10.7 Å². The van der Waals surface area contributed by atoms with Gasteiger partial charge in [0.1, 0.15) is 0 Å². The molecule has 0 spiro atoms. The van der Waals surface area contributed by atoms with Crippen LogP contribution in [0.2, 0.25) is 10.0 Å². The van der Waals surface area contributed by atoms with Crippen LogP contribution in [0.3, 0.4) is 0 Å². The van der Waals surface area contributed by atoms with Gasteiger partial charge in [-0.15, -0.1) is 0 Å². The van der Waals surface area contributed by atoms with Gasteiger partial charge < -0.3 is 15.8 Å². The fourth-order valence-corrected chi connectivity index (χ4v) is 1.27. The summed E-state index contributed by atoms with van der Waals surface area (Å²) in [4.78, 5) is 14.9. The number of nitrogens with two attached hydrogens (primary N) is 1. The van der Waals surface area contributed by atoms with Gasteiger partial charge in [0, 0.05) is 6.54 Å². The number of hydrogen-bond acceptors (Lipinski definition) is 3. The number of ether oxygens (including phenoxy) is 1. The Morgan fingerprint density at radius 1 is 1.47 bits per heavy atom. The predicted octanol–water partition coefficient (Wildman–Crippen LogP) is 2.69. The van der Waals surface area contributed by atoms with Crippen LogP contribution in [0.15, 0.2) is 23.2 Å². The first-order valence-electron chi connectivity index (χ1n) is 4.77. The molecule has 3 N–H and O–H groups in total. The number of amidine groups is 1. The lowest BCUT2D eigenvalue weighted by molar-refractivity contribution is 0.197. The number of halogens is 2. The molecule has 0 unspecified atom stereocenters. The molecule has 92 valence electrons. The number of rotatable bonds is 2. The minimum atomic E-state index is -0.659. The summed E-state index contributed by atoms with van der Waals surface area (Å²) in [5.74, 6) is 0. The molecular weight excluding hydrogens is 265 g/mol. The van der Waals surface area contributed by atoms with Crippen LogP contribution in [0, 0.1) is 0 Å². The smallest absolute Gasteiger partial charge is 0.376 e. The number of carbonyl (C=O) groups excluding carboxylic acids is 1. The third-order valence-corrected chi connectivity index (χ3v) is 2.40. The average molecular weight is 276 g/mol. The van der Waals surface area contributed by atoms with Crippen LogP contribution in [0.5, 0.6) is 0 Å². The van der Waals surface area contributed by atoms with E-state index >= 15 is 0 Å². The third-order valence-electron chi connectivity index (χ3n) is 1.66. The van der Waals surface area contributed by atoms with Crippen LogP contribution in [-0.2, 0) is 4.74 Å². The quantitative estimate of drug-likeness (QED) is 0.644. The first kappa shape index (κ1) is 13.6. The maximum absolute atomic E-state index is 11.0. The minimum Gasteiger partial charge on any atom is -0.376 e. The summed E-state index contributed by atoms with van der Waals surface area (Å²) in [5.41, 5.74) is 5.86. The molecule has 1 rings (SSSR count). The zero-order chi connectivity index (χ0) is 12.8. The maximum atomic E-state index is 11.0. The van der Waals surface area contributed by atoms with E-state index in [1.807, 2.05) is 0 Å². The van der Waals surface area contributed by atoms with E-state index in [0.717, 1.165) is 0 Å². The summed E-state index contributed by atoms with van der Waals surface area (Å²) in [7, 11) is 0. The van der Waals surface area contributed by atoms with Gasteiger partial charge in [0.25, 0.3) is 6.02 Å². The number of benzene rings is 1. The van der Waals surface area contributed by atoms with Crippen molar-refractivity contribution in [3.8, 4) is 0 Å². The van der Waals surface area contributed by atoms with Crippen molar-refractivity contribution in [2.45, 2.75) is 6.92 Å². The van der Waals surface area contributed by atoms with Crippen molar-refractivity contribution in [1.82, 2.24) is 5.32 Å². The Kier molecular flexibility index (Phi) is 5.06. The van der Waals surface area contributed by atoms with Gasteiger partial charge >= 0.3 is 6.09 Å². The van der Waals surface area contributed by atoms with Crippen molar-refractivity contribution < 1.29 is 9.53 Å². The number of nitrogens with zero attached hydrogens (tertiary/aromatic N) is 1. The van der Waals surface area contributed by atoms with Gasteiger partial charge in [-0.3, -0.25) is 0 Å². The monoisotopic (exact) mass is 275 g/mol. The second kappa shape index (κ2) is 6.32. The van der Waals surface area contributed by atoms with E-state index in [9.17, 15) is 4.79 Å². The van der Waals surface area contributed by atoms with Gasteiger partial charge in [0.15, 0.2) is 0 Å². The van der Waals surface area contributed by atoms with Gasteiger partial charge in [-0.1, -0.05) is 23.2 Å². The van der Waals surface area contributed by atoms with Crippen molar-refractivity contribution in [3.63, 3.8) is 0 Å². The molecule has 0 saturated carbocycles. The molecule has 0 aliphatic rings. The molecule has 1 aromatic carbocycles. The normalized spacial score (nSPS) is 11.1. The molecule has 0 saturated heterocycles. The molecule has 7 heteroatoms. The molecule has 17 heavy (non-hydrogen) atoms. The first-order valence-corrected chi connectivity index (χ1v) is 5.53. The number of nitrogens with one attached hydrogen (secondary N) is 1. The molecule has 0 aliphatic carbocycles. The topological polar surface area (TPSA) is 76.7 Å². The van der Waals surface area contributed by atoms with Crippen LogP contribution in [0.25, 0.3) is 0 Å². The summed E-state index contributed by atoms with van der Waals surface area (Å²) < 4.78 is 4.67. The zero-order valence-corrected chi connectivity index (χ0v) is 10.5. The zero-order valence-electron chi connectivity index (χ0n) is 9.04. The van der Waals surface area contributed by atoms with Crippen molar-refractivity contribution in [1.29, 1.82) is 0 Å². The van der Waals surface area contributed by atoms with Crippen LogP contribution in [0.4, 0.5) is 10.5 Å². The molecule has 0 fully saturated rings. The minimum absolute atomic E-state index is 0.269. The molecule has 0 atom stereocenters. The Hall–Kier alpha value is -1.46. The molecule has 0 aromatic heterocycles. The molecule has 1 aromatic rings. The Labute approximate surface area is 109 Å². The van der Waals surface area contributed by atoms with Gasteiger partial charge in [0.05, 0.1) is 15.7 Å². The van der Waals surface area contributed by atoms with Crippen molar-refractivity contribution >= 4 is 41.0 Å². The lowest BCUT2D eigenvalue weighted by atomic mass is 10.3. The highest BCUT2D eigenvalue weighted by Crippen LogP contribution is 2.26. The molecule has 0 aliphatic heterocycles. The van der Waals surface area contributed by atoms with Crippen LogP contribution in [-0.4, -0.2) is 18.7 Å². The first-order chi connectivity index (χ1) is 8.02. The summed E-state index contributed by atoms with van der Waals surface area (Å²) in [5, 5.41) is 3.17. The number of alkyl carbamates (subject to hydrolysis) is 1. The highest BCUT2D eigenvalue weighted by atomic mass is 35.5. The lowest BCUT2D eigenvalue weighted by Gasteiger charge is -2.03. The van der Waals surface area contributed by atoms with Gasteiger partial charge in [-0.05, 0) is 25.1 Å². The second-order valence-electron chi connectivity index (χ2n) is 2.97. The van der Waals surface area contributed by atoms with Crippen molar-refractivity contribution in [2.75, 3.05) is 6.54 Å². The standard InChI is InChI=1S/C10H11Cl2N3O2/c1-2-14-10(16)17-9(13)15-6-3-4-7(11)8(12)5-6/h3-5H,2H2,1H3,(H2,13,15)(H,14,16). The Morgan fingerprint density at radius 3 is 2.76 bits per heavy atom. The molecular formula is C10H11Cl2N3O2. The summed E-state index contributed by atoms with van der Waals surface area (Å²) in [6, 6.07) is 4.41. The van der Waals surface area contributed by atoms with Crippen molar-refractivity contribution in [3.05, 3.63) is 28.2 Å². The highest BCUT2D eigenvalue weighted by Gasteiger charge is 2.04. The highest BCUT2D eigenvalue weighted by molar-refractivity contribution is 6.42. The maximum Gasteiger partial charge on any atom is 0.415 e. The summed E-state index contributed by atoms with van der Waals surface area (Å²) in [6.07, 6.45) is -0.659. The van der Waals surface area contributed by atoms with Crippen LogP contribution in [0.1, 0.15) is 6.92 Å². The summed E-state index contributed by atoms with van der Waals surface area (Å²) in [6.45, 7) is 2.20. The average Bonchev–Trinajstić information content (AvgIpc) is 2.23. The number of carbonyl (C=O) groups is 1. The Morgan fingerprint density at radius 2 is 2.18 bits per heavy atom. The molecule has 0 heterocycles. The lowest BCUT2D eigenvalue weighted by Crippen LogP contribution is -2.29. The van der Waals surface area contributed by atoms with E-state index in [0.29, 0.717) is 22.3 Å². The number of hydrogen-bond donors (Lipinski definition) is 2. The van der Waals surface area contributed by atoms with E-state index in [-0.39, 0.29) is 6.02 Å². The predicted molar refractivity (Wildman–Crippen MR) is 67.9 cm³/mol. The van der Waals surface area contributed by atoms with E-state index in [2.05, 4.69) is 15.0 Å². The fourth-order valence-electron chi connectivity index (χ4n) is 0.980. The summed E-state index contributed by atoms with van der Waals surface area (Å²) >= 11 is 11.5. The third kappa shape index (κ3) is 4.50. The largest absolute Gasteiger partial charge is 0.415 e. The fraction of sp³-hybridized carbons (Fsp3) is 0.200. The SMILES string of the molecule is CCNC(=O)OC(N)=Nc1ccc(Cl)c(Cl)c1. The Bertz CT molecular complexity index is 449. The molecule has 1 amide bonds. The van der Waals surface area contributed by atoms with Gasteiger partial charge in [-0.25, -0.2) is 4.79 Å². The van der Waals surface area contributed by atoms with Gasteiger partial charge in [-0.2, -0.15) is 4.99 Å². The second-order valence-corrected chi connectivity index (χ2v) is 3.78. The van der Waals surface area contributed by atoms with E-state index in [4.69, 9.17) is 28.9 Å². The number of aliphatic imine (C=N–C) groups is 1.